The molecule has 0 saturated carbocycles. The molecule has 0 N–H and O–H groups in total. The Balaban J connectivity index is 0.000000342. The minimum absolute atomic E-state index is 0.0420. The lowest BCUT2D eigenvalue weighted by Gasteiger charge is -2.24. The van der Waals surface area contributed by atoms with Crippen molar-refractivity contribution < 1.29 is 38.1 Å². The molecule has 0 aliphatic rings. The van der Waals surface area contributed by atoms with Crippen molar-refractivity contribution >= 4 is 55.7 Å². The molecule has 0 unspecified atom stereocenters. The van der Waals surface area contributed by atoms with E-state index in [1.54, 1.807) is 50.2 Å². The van der Waals surface area contributed by atoms with Gasteiger partial charge in [-0.2, -0.15) is 0 Å². The van der Waals surface area contributed by atoms with Gasteiger partial charge in [0, 0.05) is 8.95 Å². The van der Waals surface area contributed by atoms with Crippen molar-refractivity contribution in [1.82, 2.24) is 0 Å². The van der Waals surface area contributed by atoms with Crippen LogP contribution in [0.5, 0.6) is 0 Å². The maximum Gasteiger partial charge on any atom is 0.338 e. The van der Waals surface area contributed by atoms with Gasteiger partial charge in [-0.25, -0.2) is 9.59 Å². The van der Waals surface area contributed by atoms with E-state index in [2.05, 4.69) is 41.3 Å². The second kappa shape index (κ2) is 13.2. The largest absolute Gasteiger partial charge is 0.469 e. The lowest BCUT2D eigenvalue weighted by atomic mass is 9.82. The number of methoxy groups -OCH3 is 4. The summed E-state index contributed by atoms with van der Waals surface area (Å²) in [7, 11) is 5.23. The monoisotopic (exact) mass is 600 g/mol. The van der Waals surface area contributed by atoms with Gasteiger partial charge in [-0.05, 0) is 61.4 Å². The Kier molecular flexibility index (Phi) is 11.4. The Morgan fingerprint density at radius 3 is 1.74 bits per heavy atom. The van der Waals surface area contributed by atoms with Crippen LogP contribution in [0.2, 0.25) is 0 Å². The predicted octanol–water partition coefficient (Wildman–Crippen LogP) is 4.64. The van der Waals surface area contributed by atoms with Crippen LogP contribution in [0.3, 0.4) is 0 Å². The van der Waals surface area contributed by atoms with E-state index in [0.717, 1.165) is 8.95 Å². The van der Waals surface area contributed by atoms with Crippen LogP contribution in [0.4, 0.5) is 0 Å². The SMILES string of the molecule is COC(=O)Cc1cc(Br)ccc1C(=O)OC.COC(=O)c1ccc(Br)cc1C(C)(C)C(=O)OC. The zero-order chi connectivity index (χ0) is 26.1. The highest BCUT2D eigenvalue weighted by atomic mass is 79.9. The number of hydrogen-bond donors (Lipinski definition) is 0. The highest BCUT2D eigenvalue weighted by Gasteiger charge is 2.35. The molecule has 184 valence electrons. The van der Waals surface area contributed by atoms with Gasteiger partial charge in [-0.15, -0.1) is 0 Å². The molecule has 0 bridgehead atoms. The fraction of sp³-hybridized carbons (Fsp3) is 0.333. The molecule has 0 radical (unpaired) electrons. The number of esters is 4. The van der Waals surface area contributed by atoms with Crippen LogP contribution in [0.1, 0.15) is 45.7 Å². The van der Waals surface area contributed by atoms with Gasteiger partial charge in [0.25, 0.3) is 0 Å². The van der Waals surface area contributed by atoms with Gasteiger partial charge in [0.2, 0.25) is 0 Å². The number of carbonyl (C=O) groups is 4. The summed E-state index contributed by atoms with van der Waals surface area (Å²) in [6, 6.07) is 10.1. The highest BCUT2D eigenvalue weighted by Crippen LogP contribution is 2.31. The van der Waals surface area contributed by atoms with Gasteiger partial charge in [0.15, 0.2) is 0 Å². The van der Waals surface area contributed by atoms with E-state index in [4.69, 9.17) is 9.47 Å². The minimum Gasteiger partial charge on any atom is -0.469 e. The molecule has 0 heterocycles. The average molecular weight is 602 g/mol. The van der Waals surface area contributed by atoms with E-state index in [0.29, 0.717) is 22.3 Å². The Morgan fingerprint density at radius 2 is 1.24 bits per heavy atom. The van der Waals surface area contributed by atoms with Gasteiger partial charge in [0.1, 0.15) is 0 Å². The molecule has 2 aromatic carbocycles. The molecule has 0 aliphatic heterocycles. The normalized spacial score (nSPS) is 10.4. The number of benzene rings is 2. The van der Waals surface area contributed by atoms with Crippen molar-refractivity contribution in [2.24, 2.45) is 0 Å². The topological polar surface area (TPSA) is 105 Å². The van der Waals surface area contributed by atoms with E-state index < -0.39 is 29.3 Å². The lowest BCUT2D eigenvalue weighted by Crippen LogP contribution is -2.32. The first-order valence-corrected chi connectivity index (χ1v) is 11.4. The summed E-state index contributed by atoms with van der Waals surface area (Å²) in [4.78, 5) is 46.1. The second-order valence-electron chi connectivity index (χ2n) is 7.34. The summed E-state index contributed by atoms with van der Waals surface area (Å²) in [6.07, 6.45) is 0.0420. The predicted molar refractivity (Wildman–Crippen MR) is 132 cm³/mol. The van der Waals surface area contributed by atoms with Crippen LogP contribution in [-0.2, 0) is 40.4 Å². The lowest BCUT2D eigenvalue weighted by molar-refractivity contribution is -0.146. The number of carbonyl (C=O) groups excluding carboxylic acids is 4. The summed E-state index contributed by atoms with van der Waals surface area (Å²) in [5.41, 5.74) is 0.943. The van der Waals surface area contributed by atoms with Crippen LogP contribution < -0.4 is 0 Å². The van der Waals surface area contributed by atoms with Gasteiger partial charge < -0.3 is 18.9 Å². The average Bonchev–Trinajstić information content (AvgIpc) is 2.82. The molecule has 0 aromatic heterocycles. The highest BCUT2D eigenvalue weighted by molar-refractivity contribution is 9.10. The van der Waals surface area contributed by atoms with Crippen molar-refractivity contribution in [3.05, 3.63) is 67.6 Å². The van der Waals surface area contributed by atoms with E-state index in [1.807, 2.05) is 0 Å². The Bertz CT molecular complexity index is 1060. The molecule has 0 fully saturated rings. The van der Waals surface area contributed by atoms with Crippen molar-refractivity contribution in [1.29, 1.82) is 0 Å². The zero-order valence-corrected chi connectivity index (χ0v) is 22.9. The summed E-state index contributed by atoms with van der Waals surface area (Å²) < 4.78 is 20.2. The first kappa shape index (κ1) is 29.3. The van der Waals surface area contributed by atoms with E-state index in [1.165, 1.54) is 28.4 Å². The smallest absolute Gasteiger partial charge is 0.338 e. The Labute approximate surface area is 215 Å². The zero-order valence-electron chi connectivity index (χ0n) is 19.7. The van der Waals surface area contributed by atoms with E-state index in [9.17, 15) is 19.2 Å². The molecule has 0 spiro atoms. The molecule has 0 aliphatic carbocycles. The van der Waals surface area contributed by atoms with E-state index >= 15 is 0 Å². The molecule has 8 nitrogen and oxygen atoms in total. The quantitative estimate of drug-likeness (QED) is 0.348. The third-order valence-electron chi connectivity index (χ3n) is 4.79. The number of halogens is 2. The fourth-order valence-electron chi connectivity index (χ4n) is 2.93. The van der Waals surface area contributed by atoms with E-state index in [-0.39, 0.29) is 6.42 Å². The molecular weight excluding hydrogens is 576 g/mol. The maximum atomic E-state index is 11.8. The summed E-state index contributed by atoms with van der Waals surface area (Å²) >= 11 is 6.60. The molecule has 0 atom stereocenters. The van der Waals surface area contributed by atoms with Gasteiger partial charge >= 0.3 is 23.9 Å². The van der Waals surface area contributed by atoms with Crippen molar-refractivity contribution in [2.75, 3.05) is 28.4 Å². The molecular formula is C24H26Br2O8. The van der Waals surface area contributed by atoms with Crippen molar-refractivity contribution in [3.8, 4) is 0 Å². The van der Waals surface area contributed by atoms with Crippen LogP contribution in [0, 0.1) is 0 Å². The third-order valence-corrected chi connectivity index (χ3v) is 5.78. The van der Waals surface area contributed by atoms with Crippen molar-refractivity contribution in [2.45, 2.75) is 25.7 Å². The Hall–Kier alpha value is -2.72. The van der Waals surface area contributed by atoms with Crippen molar-refractivity contribution in [3.63, 3.8) is 0 Å². The summed E-state index contributed by atoms with van der Waals surface area (Å²) in [5.74, 6) is -1.75. The van der Waals surface area contributed by atoms with Gasteiger partial charge in [0.05, 0.1) is 51.4 Å². The first-order valence-electron chi connectivity index (χ1n) is 9.83. The summed E-state index contributed by atoms with van der Waals surface area (Å²) in [6.45, 7) is 3.40. The number of ether oxygens (including phenoxy) is 4. The molecule has 2 rings (SSSR count). The molecule has 10 heteroatoms. The molecule has 2 aromatic rings. The molecule has 0 amide bonds. The standard InChI is InChI=1S/C13H15BrO4.C11H11BrO4/c1-13(2,12(16)18-4)10-7-8(14)5-6-9(10)11(15)17-3;1-15-10(13)6-7-5-8(12)3-4-9(7)11(14)16-2/h5-7H,1-4H3;3-5H,6H2,1-2H3. The maximum absolute atomic E-state index is 11.8. The number of rotatable bonds is 6. The third kappa shape index (κ3) is 7.66. The van der Waals surface area contributed by atoms with Crippen LogP contribution >= 0.6 is 31.9 Å². The second-order valence-corrected chi connectivity index (χ2v) is 9.18. The minimum atomic E-state index is -0.929. The molecule has 34 heavy (non-hydrogen) atoms. The first-order chi connectivity index (χ1) is 15.9. The van der Waals surface area contributed by atoms with Crippen LogP contribution in [-0.4, -0.2) is 52.3 Å². The Morgan fingerprint density at radius 1 is 0.735 bits per heavy atom. The van der Waals surface area contributed by atoms with Crippen LogP contribution in [0.25, 0.3) is 0 Å². The number of hydrogen-bond acceptors (Lipinski definition) is 8. The van der Waals surface area contributed by atoms with Crippen LogP contribution in [0.15, 0.2) is 45.3 Å². The fourth-order valence-corrected chi connectivity index (χ4v) is 3.70. The van der Waals surface area contributed by atoms with Gasteiger partial charge in [-0.3, -0.25) is 9.59 Å². The molecule has 0 saturated heterocycles. The van der Waals surface area contributed by atoms with Gasteiger partial charge in [-0.1, -0.05) is 31.9 Å². The summed E-state index contributed by atoms with van der Waals surface area (Å²) in [5, 5.41) is 0.